The van der Waals surface area contributed by atoms with Crippen LogP contribution in [0, 0.1) is 0 Å². The number of benzene rings is 1. The summed E-state index contributed by atoms with van der Waals surface area (Å²) in [6.07, 6.45) is 2.28. The van der Waals surface area contributed by atoms with Crippen molar-refractivity contribution in [1.29, 1.82) is 0 Å². The predicted octanol–water partition coefficient (Wildman–Crippen LogP) is 2.58. The van der Waals surface area contributed by atoms with Crippen LogP contribution in [0.3, 0.4) is 0 Å². The monoisotopic (exact) mass is 400 g/mol. The molecular formula is C22H32N4O3. The van der Waals surface area contributed by atoms with Crippen LogP contribution in [0.2, 0.25) is 0 Å². The predicted molar refractivity (Wildman–Crippen MR) is 114 cm³/mol. The van der Waals surface area contributed by atoms with Gasteiger partial charge in [-0.3, -0.25) is 9.59 Å². The van der Waals surface area contributed by atoms with Gasteiger partial charge in [-0.2, -0.15) is 0 Å². The smallest absolute Gasteiger partial charge is 0.270 e. The maximum absolute atomic E-state index is 12.6. The number of aromatic nitrogens is 1. The molecule has 1 N–H and O–H groups in total. The number of rotatable bonds is 6. The molecule has 1 aliphatic rings. The van der Waals surface area contributed by atoms with Crippen LogP contribution in [0.15, 0.2) is 24.3 Å². The van der Waals surface area contributed by atoms with Crippen molar-refractivity contribution in [1.82, 2.24) is 19.7 Å². The Morgan fingerprint density at radius 1 is 1.17 bits per heavy atom. The quantitative estimate of drug-likeness (QED) is 0.809. The van der Waals surface area contributed by atoms with Crippen molar-refractivity contribution in [3.05, 3.63) is 30.0 Å². The minimum absolute atomic E-state index is 0.0463. The van der Waals surface area contributed by atoms with E-state index < -0.39 is 0 Å². The number of H-pyrrole nitrogens is 1. The molecule has 0 unspecified atom stereocenters. The fraction of sp³-hybridized carbons (Fsp3) is 0.545. The highest BCUT2D eigenvalue weighted by molar-refractivity contribution is 5.99. The second kappa shape index (κ2) is 8.86. The summed E-state index contributed by atoms with van der Waals surface area (Å²) in [4.78, 5) is 33.0. The number of carbonyl (C=O) groups is 2. The first-order chi connectivity index (χ1) is 13.7. The van der Waals surface area contributed by atoms with Crippen molar-refractivity contribution >= 4 is 22.7 Å². The lowest BCUT2D eigenvalue weighted by Crippen LogP contribution is -2.41. The summed E-state index contributed by atoms with van der Waals surface area (Å²) in [6.45, 7) is 6.63. The molecule has 0 atom stereocenters. The van der Waals surface area contributed by atoms with E-state index in [-0.39, 0.29) is 24.5 Å². The molecule has 158 valence electrons. The SMILES string of the molecule is CC(C)N1CCC(Oc2ccc3[nH]c(C(=O)N(C)CC(=O)N(C)C)cc3c2)CC1. The number of hydrogen-bond donors (Lipinski definition) is 1. The Morgan fingerprint density at radius 3 is 2.48 bits per heavy atom. The second-order valence-corrected chi connectivity index (χ2v) is 8.33. The van der Waals surface area contributed by atoms with Crippen molar-refractivity contribution in [3.8, 4) is 5.75 Å². The molecule has 3 rings (SSSR count). The first-order valence-electron chi connectivity index (χ1n) is 10.2. The normalized spacial score (nSPS) is 15.7. The second-order valence-electron chi connectivity index (χ2n) is 8.33. The van der Waals surface area contributed by atoms with Crippen LogP contribution >= 0.6 is 0 Å². The van der Waals surface area contributed by atoms with Crippen molar-refractivity contribution in [2.75, 3.05) is 40.8 Å². The largest absolute Gasteiger partial charge is 0.490 e. The summed E-state index contributed by atoms with van der Waals surface area (Å²) >= 11 is 0. The molecule has 0 spiro atoms. The highest BCUT2D eigenvalue weighted by atomic mass is 16.5. The molecule has 0 bridgehead atoms. The number of nitrogens with zero attached hydrogens (tertiary/aromatic N) is 3. The maximum atomic E-state index is 12.6. The van der Waals surface area contributed by atoms with E-state index in [1.807, 2.05) is 24.3 Å². The minimum atomic E-state index is -0.208. The van der Waals surface area contributed by atoms with Gasteiger partial charge in [0.05, 0.1) is 6.54 Å². The molecular weight excluding hydrogens is 368 g/mol. The van der Waals surface area contributed by atoms with Gasteiger partial charge in [-0.15, -0.1) is 0 Å². The molecule has 1 fully saturated rings. The van der Waals surface area contributed by atoms with Gasteiger partial charge in [-0.1, -0.05) is 0 Å². The molecule has 1 aromatic heterocycles. The molecule has 2 aromatic rings. The number of aromatic amines is 1. The molecule has 1 saturated heterocycles. The van der Waals surface area contributed by atoms with Crippen LogP contribution in [0.4, 0.5) is 0 Å². The van der Waals surface area contributed by atoms with Crippen molar-refractivity contribution in [3.63, 3.8) is 0 Å². The number of amides is 2. The third-order valence-corrected chi connectivity index (χ3v) is 5.55. The van der Waals surface area contributed by atoms with E-state index in [4.69, 9.17) is 4.74 Å². The first kappa shape index (κ1) is 21.2. The van der Waals surface area contributed by atoms with Crippen molar-refractivity contribution in [2.24, 2.45) is 0 Å². The van der Waals surface area contributed by atoms with E-state index in [9.17, 15) is 9.59 Å². The van der Waals surface area contributed by atoms with Gasteiger partial charge in [0.25, 0.3) is 5.91 Å². The van der Waals surface area contributed by atoms with E-state index in [1.165, 1.54) is 9.80 Å². The highest BCUT2D eigenvalue weighted by Gasteiger charge is 2.22. The zero-order valence-electron chi connectivity index (χ0n) is 18.1. The summed E-state index contributed by atoms with van der Waals surface area (Å²) in [7, 11) is 4.99. The van der Waals surface area contributed by atoms with Crippen LogP contribution in [-0.2, 0) is 4.79 Å². The third kappa shape index (κ3) is 5.09. The van der Waals surface area contributed by atoms with Crippen LogP contribution in [0.1, 0.15) is 37.2 Å². The molecule has 1 aliphatic heterocycles. The molecule has 2 heterocycles. The Labute approximate surface area is 172 Å². The van der Waals surface area contributed by atoms with Crippen molar-refractivity contribution in [2.45, 2.75) is 38.8 Å². The van der Waals surface area contributed by atoms with Gasteiger partial charge in [-0.25, -0.2) is 0 Å². The molecule has 7 heteroatoms. The van der Waals surface area contributed by atoms with Gasteiger partial charge in [0.2, 0.25) is 5.91 Å². The Kier molecular flexibility index (Phi) is 6.47. The van der Waals surface area contributed by atoms with E-state index in [0.717, 1.165) is 42.6 Å². The number of fused-ring (bicyclic) bond motifs is 1. The van der Waals surface area contributed by atoms with Gasteiger partial charge in [0.1, 0.15) is 17.5 Å². The maximum Gasteiger partial charge on any atom is 0.270 e. The summed E-state index contributed by atoms with van der Waals surface area (Å²) in [5.74, 6) is 0.505. The number of hydrogen-bond acceptors (Lipinski definition) is 4. The number of nitrogens with one attached hydrogen (secondary N) is 1. The van der Waals surface area contributed by atoms with Crippen LogP contribution in [-0.4, -0.2) is 84.4 Å². The lowest BCUT2D eigenvalue weighted by atomic mass is 10.1. The molecule has 0 saturated carbocycles. The van der Waals surface area contributed by atoms with Crippen molar-refractivity contribution < 1.29 is 14.3 Å². The Morgan fingerprint density at radius 2 is 1.86 bits per heavy atom. The van der Waals surface area contributed by atoms with Crippen LogP contribution < -0.4 is 4.74 Å². The van der Waals surface area contributed by atoms with E-state index in [0.29, 0.717) is 11.7 Å². The summed E-state index contributed by atoms with van der Waals surface area (Å²) in [6, 6.07) is 8.26. The topological polar surface area (TPSA) is 68.9 Å². The highest BCUT2D eigenvalue weighted by Crippen LogP contribution is 2.25. The van der Waals surface area contributed by atoms with E-state index >= 15 is 0 Å². The summed E-state index contributed by atoms with van der Waals surface area (Å²) < 4.78 is 6.20. The van der Waals surface area contributed by atoms with E-state index in [2.05, 4.69) is 23.7 Å². The number of piperidine rings is 1. The zero-order chi connectivity index (χ0) is 21.1. The van der Waals surface area contributed by atoms with Gasteiger partial charge >= 0.3 is 0 Å². The lowest BCUT2D eigenvalue weighted by molar-refractivity contribution is -0.129. The zero-order valence-corrected chi connectivity index (χ0v) is 18.1. The fourth-order valence-electron chi connectivity index (χ4n) is 3.62. The van der Waals surface area contributed by atoms with Gasteiger partial charge in [0.15, 0.2) is 0 Å². The number of likely N-dealkylation sites (N-methyl/N-ethyl adjacent to an activating group) is 2. The van der Waals surface area contributed by atoms with Gasteiger partial charge in [-0.05, 0) is 51.0 Å². The van der Waals surface area contributed by atoms with Gasteiger partial charge < -0.3 is 24.4 Å². The molecule has 0 radical (unpaired) electrons. The molecule has 2 amide bonds. The molecule has 0 aliphatic carbocycles. The average Bonchev–Trinajstić information content (AvgIpc) is 3.10. The summed E-state index contributed by atoms with van der Waals surface area (Å²) in [5.41, 5.74) is 1.35. The fourth-order valence-corrected chi connectivity index (χ4v) is 3.62. The first-order valence-corrected chi connectivity index (χ1v) is 10.2. The Balaban J connectivity index is 1.65. The van der Waals surface area contributed by atoms with E-state index in [1.54, 1.807) is 21.1 Å². The third-order valence-electron chi connectivity index (χ3n) is 5.55. The number of ether oxygens (including phenoxy) is 1. The molecule has 7 nitrogen and oxygen atoms in total. The van der Waals surface area contributed by atoms with Crippen LogP contribution in [0.25, 0.3) is 10.9 Å². The Bertz CT molecular complexity index is 866. The number of carbonyl (C=O) groups excluding carboxylic acids is 2. The molecule has 1 aromatic carbocycles. The lowest BCUT2D eigenvalue weighted by Gasteiger charge is -2.34. The van der Waals surface area contributed by atoms with Crippen LogP contribution in [0.5, 0.6) is 5.75 Å². The molecule has 29 heavy (non-hydrogen) atoms. The minimum Gasteiger partial charge on any atom is -0.490 e. The number of likely N-dealkylation sites (tertiary alicyclic amines) is 1. The Hall–Kier alpha value is -2.54. The average molecular weight is 401 g/mol. The summed E-state index contributed by atoms with van der Waals surface area (Å²) in [5, 5.41) is 0.929. The standard InChI is InChI=1S/C22H32N4O3/c1-15(2)26-10-8-17(9-11-26)29-18-6-7-19-16(12-18)13-20(23-19)22(28)25(5)14-21(27)24(3)4/h6-7,12-13,15,17,23H,8-11,14H2,1-5H3. The van der Waals surface area contributed by atoms with Gasteiger partial charge in [0, 0.05) is 51.2 Å².